The molecule has 0 unspecified atom stereocenters. The third-order valence-corrected chi connectivity index (χ3v) is 7.46. The van der Waals surface area contributed by atoms with Gasteiger partial charge in [0.05, 0.1) is 12.2 Å². The molecule has 2 aromatic rings. The molecule has 29 heavy (non-hydrogen) atoms. The largest absolute Gasteiger partial charge is 0.396 e. The molecule has 0 aliphatic heterocycles. The van der Waals surface area contributed by atoms with Crippen molar-refractivity contribution in [1.29, 1.82) is 0 Å². The minimum absolute atomic E-state index is 0.203. The number of aliphatic hydroxyl groups is 4. The van der Waals surface area contributed by atoms with Crippen molar-refractivity contribution < 1.29 is 20.4 Å². The third-order valence-electron chi connectivity index (χ3n) is 7.09. The highest BCUT2D eigenvalue weighted by molar-refractivity contribution is 6.31. The Morgan fingerprint density at radius 3 is 2.17 bits per heavy atom. The average molecular weight is 417 g/mol. The first-order valence-corrected chi connectivity index (χ1v) is 10.8. The maximum absolute atomic E-state index is 10.8. The van der Waals surface area contributed by atoms with E-state index in [1.165, 1.54) is 5.56 Å². The number of benzene rings is 2. The topological polar surface area (TPSA) is 80.9 Å². The van der Waals surface area contributed by atoms with Gasteiger partial charge in [-0.25, -0.2) is 0 Å². The zero-order valence-electron chi connectivity index (χ0n) is 16.6. The van der Waals surface area contributed by atoms with Crippen LogP contribution in [-0.4, -0.2) is 45.3 Å². The fraction of sp³-hybridized carbons (Fsp3) is 0.500. The zero-order chi connectivity index (χ0) is 20.8. The van der Waals surface area contributed by atoms with Crippen molar-refractivity contribution >= 4 is 11.6 Å². The van der Waals surface area contributed by atoms with Crippen LogP contribution in [0.5, 0.6) is 0 Å². The van der Waals surface area contributed by atoms with Crippen molar-refractivity contribution in [1.82, 2.24) is 0 Å². The molecule has 0 amide bonds. The fourth-order valence-corrected chi connectivity index (χ4v) is 5.41. The van der Waals surface area contributed by atoms with Gasteiger partial charge in [-0.15, -0.1) is 0 Å². The number of aliphatic hydroxyl groups excluding tert-OH is 4. The van der Waals surface area contributed by atoms with Crippen LogP contribution < -0.4 is 0 Å². The van der Waals surface area contributed by atoms with Crippen LogP contribution in [0, 0.1) is 11.3 Å². The first-order valence-electron chi connectivity index (χ1n) is 10.4. The summed E-state index contributed by atoms with van der Waals surface area (Å²) in [6.45, 7) is 1.93. The first-order chi connectivity index (χ1) is 13.9. The van der Waals surface area contributed by atoms with Crippen LogP contribution in [0.15, 0.2) is 42.5 Å². The number of rotatable bonds is 5. The summed E-state index contributed by atoms with van der Waals surface area (Å²) in [6, 6.07) is 14.2. The Morgan fingerprint density at radius 2 is 1.59 bits per heavy atom. The predicted molar refractivity (Wildman–Crippen MR) is 113 cm³/mol. The molecule has 2 aromatic carbocycles. The molecule has 2 aliphatic rings. The number of halogens is 1. The Hall–Kier alpha value is -1.43. The van der Waals surface area contributed by atoms with Crippen LogP contribution in [0.25, 0.3) is 0 Å². The van der Waals surface area contributed by atoms with Gasteiger partial charge in [-0.1, -0.05) is 54.9 Å². The fourth-order valence-electron chi connectivity index (χ4n) is 5.23. The summed E-state index contributed by atoms with van der Waals surface area (Å²) in [4.78, 5) is 0. The standard InChI is InChI=1S/C24H29ClO4/c1-2-14-3-5-15(6-4-14)11-17-12-16(7-8-19(17)25)20-22(28)23(29)21(27)18(13-26)24(20)9-10-24/h3-8,12,18,20-23,26-29H,2,9-11,13H2,1H3/t18-,20+,21-,22+,23+/m1/s1. The van der Waals surface area contributed by atoms with E-state index in [0.29, 0.717) is 11.4 Å². The zero-order valence-corrected chi connectivity index (χ0v) is 17.4. The van der Waals surface area contributed by atoms with E-state index in [9.17, 15) is 20.4 Å². The number of hydrogen-bond acceptors (Lipinski definition) is 4. The van der Waals surface area contributed by atoms with Gasteiger partial charge >= 0.3 is 0 Å². The lowest BCUT2D eigenvalue weighted by Gasteiger charge is -2.47. The third kappa shape index (κ3) is 3.62. The lowest BCUT2D eigenvalue weighted by atomic mass is 9.63. The molecule has 4 rings (SSSR count). The maximum Gasteiger partial charge on any atom is 0.107 e. The lowest BCUT2D eigenvalue weighted by molar-refractivity contribution is -0.157. The Kier molecular flexibility index (Phi) is 5.75. The highest BCUT2D eigenvalue weighted by Gasteiger charge is 2.64. The summed E-state index contributed by atoms with van der Waals surface area (Å²) in [7, 11) is 0. The monoisotopic (exact) mass is 416 g/mol. The van der Waals surface area contributed by atoms with Gasteiger partial charge in [0, 0.05) is 23.5 Å². The van der Waals surface area contributed by atoms with Crippen molar-refractivity contribution in [2.24, 2.45) is 11.3 Å². The summed E-state index contributed by atoms with van der Waals surface area (Å²) < 4.78 is 0. The molecule has 5 atom stereocenters. The molecule has 0 radical (unpaired) electrons. The van der Waals surface area contributed by atoms with Crippen LogP contribution in [-0.2, 0) is 12.8 Å². The van der Waals surface area contributed by atoms with E-state index in [2.05, 4.69) is 31.2 Å². The van der Waals surface area contributed by atoms with Gasteiger partial charge in [0.1, 0.15) is 6.10 Å². The summed E-state index contributed by atoms with van der Waals surface area (Å²) in [5.41, 5.74) is 3.95. The molecule has 2 fully saturated rings. The van der Waals surface area contributed by atoms with Gasteiger partial charge in [-0.3, -0.25) is 0 Å². The van der Waals surface area contributed by atoms with Crippen molar-refractivity contribution in [3.8, 4) is 0 Å². The first kappa shape index (κ1) is 20.8. The van der Waals surface area contributed by atoms with E-state index in [4.69, 9.17) is 11.6 Å². The van der Waals surface area contributed by atoms with E-state index in [1.807, 2.05) is 18.2 Å². The van der Waals surface area contributed by atoms with Crippen LogP contribution in [0.2, 0.25) is 5.02 Å². The Balaban J connectivity index is 1.67. The van der Waals surface area contributed by atoms with Gasteiger partial charge < -0.3 is 20.4 Å². The van der Waals surface area contributed by atoms with Crippen LogP contribution >= 0.6 is 11.6 Å². The molecule has 156 valence electrons. The van der Waals surface area contributed by atoms with Crippen LogP contribution in [0.3, 0.4) is 0 Å². The van der Waals surface area contributed by atoms with Gasteiger partial charge in [0.25, 0.3) is 0 Å². The second-order valence-electron chi connectivity index (χ2n) is 8.67. The Bertz CT molecular complexity index is 862. The summed E-state index contributed by atoms with van der Waals surface area (Å²) >= 11 is 6.48. The molecule has 5 heteroatoms. The van der Waals surface area contributed by atoms with Crippen molar-refractivity contribution in [3.63, 3.8) is 0 Å². The molecular weight excluding hydrogens is 388 g/mol. The molecule has 4 N–H and O–H groups in total. The molecule has 4 nitrogen and oxygen atoms in total. The van der Waals surface area contributed by atoms with Crippen molar-refractivity contribution in [2.75, 3.05) is 6.61 Å². The molecule has 2 saturated carbocycles. The van der Waals surface area contributed by atoms with E-state index >= 15 is 0 Å². The van der Waals surface area contributed by atoms with E-state index in [0.717, 1.165) is 36.0 Å². The van der Waals surface area contributed by atoms with Gasteiger partial charge in [-0.2, -0.15) is 0 Å². The Morgan fingerprint density at radius 1 is 0.931 bits per heavy atom. The second-order valence-corrected chi connectivity index (χ2v) is 9.08. The van der Waals surface area contributed by atoms with Gasteiger partial charge in [0.2, 0.25) is 0 Å². The molecular formula is C24H29ClO4. The van der Waals surface area contributed by atoms with Crippen molar-refractivity contribution in [2.45, 2.75) is 56.8 Å². The van der Waals surface area contributed by atoms with Gasteiger partial charge in [0.15, 0.2) is 0 Å². The van der Waals surface area contributed by atoms with Crippen molar-refractivity contribution in [3.05, 3.63) is 69.7 Å². The lowest BCUT2D eigenvalue weighted by Crippen LogP contribution is -2.56. The quantitative estimate of drug-likeness (QED) is 0.604. The SMILES string of the molecule is CCc1ccc(Cc2cc([C@H]3[C@H](O)[C@@H](O)[C@H](O)[C@@H](CO)C34CC4)ccc2Cl)cc1. The molecule has 0 aromatic heterocycles. The summed E-state index contributed by atoms with van der Waals surface area (Å²) in [6.07, 6.45) is -0.144. The highest BCUT2D eigenvalue weighted by atomic mass is 35.5. The van der Waals surface area contributed by atoms with E-state index in [1.54, 1.807) is 0 Å². The number of hydrogen-bond donors (Lipinski definition) is 4. The normalized spacial score (nSPS) is 30.5. The average Bonchev–Trinajstić information content (AvgIpc) is 3.50. The van der Waals surface area contributed by atoms with Gasteiger partial charge in [-0.05, 0) is 59.4 Å². The highest BCUT2D eigenvalue weighted by Crippen LogP contribution is 2.65. The molecule has 1 spiro atoms. The molecule has 0 bridgehead atoms. The smallest absolute Gasteiger partial charge is 0.107 e. The summed E-state index contributed by atoms with van der Waals surface area (Å²) in [5.74, 6) is -0.775. The maximum atomic E-state index is 10.8. The molecule has 2 aliphatic carbocycles. The second kappa shape index (κ2) is 8.01. The minimum atomic E-state index is -1.27. The minimum Gasteiger partial charge on any atom is -0.396 e. The van der Waals surface area contributed by atoms with E-state index < -0.39 is 24.2 Å². The Labute approximate surface area is 176 Å². The number of aryl methyl sites for hydroxylation is 1. The van der Waals surface area contributed by atoms with Crippen LogP contribution in [0.4, 0.5) is 0 Å². The molecule has 0 heterocycles. The molecule has 0 saturated heterocycles. The summed E-state index contributed by atoms with van der Waals surface area (Å²) in [5, 5.41) is 42.2. The predicted octanol–water partition coefficient (Wildman–Crippen LogP) is 3.06. The van der Waals surface area contributed by atoms with E-state index in [-0.39, 0.29) is 17.9 Å². The van der Waals surface area contributed by atoms with Crippen LogP contribution in [0.1, 0.15) is 47.9 Å².